The molecule has 0 atom stereocenters. The standard InChI is InChI=1S/C13H20N2O/c1-16-13-7-9-15(10-8-13)14-11-12-5-3-2-4-6-12/h2-6,13-14H,7-11H2,1H3. The summed E-state index contributed by atoms with van der Waals surface area (Å²) in [6.45, 7) is 3.06. The number of rotatable bonds is 4. The average Bonchev–Trinajstić information content (AvgIpc) is 2.38. The van der Waals surface area contributed by atoms with Gasteiger partial charge in [0.25, 0.3) is 0 Å². The second kappa shape index (κ2) is 5.99. The Bertz CT molecular complexity index is 294. The Morgan fingerprint density at radius 1 is 1.25 bits per heavy atom. The molecule has 0 saturated carbocycles. The van der Waals surface area contributed by atoms with Crippen LogP contribution in [0.5, 0.6) is 0 Å². The lowest BCUT2D eigenvalue weighted by atomic mass is 10.1. The zero-order chi connectivity index (χ0) is 11.2. The van der Waals surface area contributed by atoms with Crippen molar-refractivity contribution < 1.29 is 4.74 Å². The minimum Gasteiger partial charge on any atom is -0.381 e. The van der Waals surface area contributed by atoms with Crippen molar-refractivity contribution in [3.05, 3.63) is 35.9 Å². The van der Waals surface area contributed by atoms with Crippen LogP contribution in [0.1, 0.15) is 18.4 Å². The highest BCUT2D eigenvalue weighted by Gasteiger charge is 2.17. The molecule has 1 N–H and O–H groups in total. The van der Waals surface area contributed by atoms with Crippen LogP contribution in [0.2, 0.25) is 0 Å². The van der Waals surface area contributed by atoms with Gasteiger partial charge in [0.1, 0.15) is 0 Å². The molecule has 1 aliphatic heterocycles. The Hall–Kier alpha value is -0.900. The van der Waals surface area contributed by atoms with Gasteiger partial charge < -0.3 is 4.74 Å². The van der Waals surface area contributed by atoms with E-state index in [-0.39, 0.29) is 0 Å². The highest BCUT2D eigenvalue weighted by molar-refractivity contribution is 5.14. The van der Waals surface area contributed by atoms with Gasteiger partial charge in [-0.05, 0) is 18.4 Å². The van der Waals surface area contributed by atoms with Crippen molar-refractivity contribution >= 4 is 0 Å². The normalized spacial score (nSPS) is 18.8. The minimum absolute atomic E-state index is 0.453. The smallest absolute Gasteiger partial charge is 0.0596 e. The molecule has 88 valence electrons. The van der Waals surface area contributed by atoms with Crippen molar-refractivity contribution in [1.29, 1.82) is 0 Å². The molecule has 1 aromatic carbocycles. The Kier molecular flexibility index (Phi) is 4.34. The number of hydrogen-bond donors (Lipinski definition) is 1. The maximum Gasteiger partial charge on any atom is 0.0596 e. The van der Waals surface area contributed by atoms with E-state index in [0.717, 1.165) is 32.5 Å². The number of ether oxygens (including phenoxy) is 1. The van der Waals surface area contributed by atoms with Crippen molar-refractivity contribution in [1.82, 2.24) is 10.4 Å². The van der Waals surface area contributed by atoms with Gasteiger partial charge in [0.15, 0.2) is 0 Å². The first-order valence-corrected chi connectivity index (χ1v) is 5.93. The van der Waals surface area contributed by atoms with E-state index in [2.05, 4.69) is 34.7 Å². The van der Waals surface area contributed by atoms with Crippen LogP contribution in [0.15, 0.2) is 30.3 Å². The minimum atomic E-state index is 0.453. The number of nitrogens with zero attached hydrogens (tertiary/aromatic N) is 1. The third kappa shape index (κ3) is 3.30. The third-order valence-corrected chi connectivity index (χ3v) is 3.12. The van der Waals surface area contributed by atoms with E-state index in [4.69, 9.17) is 4.74 Å². The van der Waals surface area contributed by atoms with Crippen LogP contribution in [-0.2, 0) is 11.3 Å². The molecule has 1 fully saturated rings. The SMILES string of the molecule is COC1CCN(NCc2ccccc2)CC1. The summed E-state index contributed by atoms with van der Waals surface area (Å²) in [5, 5.41) is 2.29. The second-order valence-corrected chi connectivity index (χ2v) is 4.24. The summed E-state index contributed by atoms with van der Waals surface area (Å²) in [6.07, 6.45) is 2.70. The fraction of sp³-hybridized carbons (Fsp3) is 0.538. The lowest BCUT2D eigenvalue weighted by Gasteiger charge is -2.31. The van der Waals surface area contributed by atoms with Gasteiger partial charge in [-0.25, -0.2) is 5.01 Å². The zero-order valence-electron chi connectivity index (χ0n) is 9.86. The molecule has 3 heteroatoms. The molecule has 0 aromatic heterocycles. The van der Waals surface area contributed by atoms with Crippen LogP contribution in [-0.4, -0.2) is 31.3 Å². The highest BCUT2D eigenvalue weighted by Crippen LogP contribution is 2.11. The molecule has 1 heterocycles. The van der Waals surface area contributed by atoms with Crippen LogP contribution >= 0.6 is 0 Å². The number of nitrogens with one attached hydrogen (secondary N) is 1. The molecule has 1 aliphatic rings. The average molecular weight is 220 g/mol. The van der Waals surface area contributed by atoms with Crippen LogP contribution in [0.25, 0.3) is 0 Å². The molecule has 1 aromatic rings. The molecule has 0 spiro atoms. The largest absolute Gasteiger partial charge is 0.381 e. The van der Waals surface area contributed by atoms with Crippen LogP contribution in [0, 0.1) is 0 Å². The lowest BCUT2D eigenvalue weighted by molar-refractivity contribution is 0.0228. The molecule has 0 amide bonds. The maximum atomic E-state index is 5.35. The Morgan fingerprint density at radius 3 is 2.56 bits per heavy atom. The topological polar surface area (TPSA) is 24.5 Å². The summed E-state index contributed by atoms with van der Waals surface area (Å²) in [5.74, 6) is 0. The Labute approximate surface area is 97.4 Å². The summed E-state index contributed by atoms with van der Waals surface area (Å²) >= 11 is 0. The number of hydrazine groups is 1. The van der Waals surface area contributed by atoms with E-state index in [0.29, 0.717) is 6.10 Å². The van der Waals surface area contributed by atoms with Crippen molar-refractivity contribution in [3.63, 3.8) is 0 Å². The van der Waals surface area contributed by atoms with E-state index in [1.54, 1.807) is 7.11 Å². The first kappa shape index (κ1) is 11.6. The van der Waals surface area contributed by atoms with Gasteiger partial charge in [0.05, 0.1) is 6.10 Å². The Balaban J connectivity index is 1.72. The third-order valence-electron chi connectivity index (χ3n) is 3.12. The molecule has 0 bridgehead atoms. The molecule has 0 aliphatic carbocycles. The van der Waals surface area contributed by atoms with Gasteiger partial charge in [-0.2, -0.15) is 0 Å². The maximum absolute atomic E-state index is 5.35. The predicted octanol–water partition coefficient (Wildman–Crippen LogP) is 1.80. The molecule has 2 rings (SSSR count). The first-order valence-electron chi connectivity index (χ1n) is 5.93. The summed E-state index contributed by atoms with van der Waals surface area (Å²) < 4.78 is 5.35. The summed E-state index contributed by atoms with van der Waals surface area (Å²) in [4.78, 5) is 0. The number of hydrogen-bond acceptors (Lipinski definition) is 3. The molecule has 0 radical (unpaired) electrons. The fourth-order valence-corrected chi connectivity index (χ4v) is 2.05. The number of piperidine rings is 1. The molecule has 1 saturated heterocycles. The molecule has 3 nitrogen and oxygen atoms in total. The fourth-order valence-electron chi connectivity index (χ4n) is 2.05. The summed E-state index contributed by atoms with van der Waals surface area (Å²) in [6, 6.07) is 10.5. The van der Waals surface area contributed by atoms with E-state index >= 15 is 0 Å². The van der Waals surface area contributed by atoms with Gasteiger partial charge in [0, 0.05) is 26.7 Å². The van der Waals surface area contributed by atoms with E-state index < -0.39 is 0 Å². The van der Waals surface area contributed by atoms with Crippen LogP contribution in [0.4, 0.5) is 0 Å². The predicted molar refractivity (Wildman–Crippen MR) is 64.9 cm³/mol. The van der Waals surface area contributed by atoms with Gasteiger partial charge >= 0.3 is 0 Å². The second-order valence-electron chi connectivity index (χ2n) is 4.24. The first-order chi connectivity index (χ1) is 7.88. The molecule has 16 heavy (non-hydrogen) atoms. The van der Waals surface area contributed by atoms with Gasteiger partial charge in [-0.15, -0.1) is 0 Å². The van der Waals surface area contributed by atoms with Gasteiger partial charge in [-0.3, -0.25) is 5.43 Å². The summed E-state index contributed by atoms with van der Waals surface area (Å²) in [5.41, 5.74) is 4.79. The number of benzene rings is 1. The molecule has 0 unspecified atom stereocenters. The van der Waals surface area contributed by atoms with Gasteiger partial charge in [0.2, 0.25) is 0 Å². The van der Waals surface area contributed by atoms with Gasteiger partial charge in [-0.1, -0.05) is 30.3 Å². The van der Waals surface area contributed by atoms with E-state index in [1.165, 1.54) is 5.56 Å². The monoisotopic (exact) mass is 220 g/mol. The van der Waals surface area contributed by atoms with E-state index in [9.17, 15) is 0 Å². The van der Waals surface area contributed by atoms with E-state index in [1.807, 2.05) is 6.07 Å². The van der Waals surface area contributed by atoms with Crippen molar-refractivity contribution in [2.75, 3.05) is 20.2 Å². The van der Waals surface area contributed by atoms with Crippen LogP contribution < -0.4 is 5.43 Å². The number of methoxy groups -OCH3 is 1. The summed E-state index contributed by atoms with van der Waals surface area (Å²) in [7, 11) is 1.80. The van der Waals surface area contributed by atoms with Crippen molar-refractivity contribution in [2.45, 2.75) is 25.5 Å². The molecular formula is C13H20N2O. The zero-order valence-corrected chi connectivity index (χ0v) is 9.86. The van der Waals surface area contributed by atoms with Crippen molar-refractivity contribution in [3.8, 4) is 0 Å². The quantitative estimate of drug-likeness (QED) is 0.837. The highest BCUT2D eigenvalue weighted by atomic mass is 16.5. The van der Waals surface area contributed by atoms with Crippen molar-refractivity contribution in [2.24, 2.45) is 0 Å². The van der Waals surface area contributed by atoms with Crippen LogP contribution in [0.3, 0.4) is 0 Å². The molecular weight excluding hydrogens is 200 g/mol. The Morgan fingerprint density at radius 2 is 1.94 bits per heavy atom. The lowest BCUT2D eigenvalue weighted by Crippen LogP contribution is -2.44.